The smallest absolute Gasteiger partial charge is 0.340 e. The second kappa shape index (κ2) is 8.99. The number of hydrogen-bond acceptors (Lipinski definition) is 4. The van der Waals surface area contributed by atoms with Gasteiger partial charge in [-0.15, -0.1) is 0 Å². The lowest BCUT2D eigenvalue weighted by atomic mass is 9.97. The Hall–Kier alpha value is -3.01. The third kappa shape index (κ3) is 4.37. The maximum Gasteiger partial charge on any atom is 0.340 e. The average molecular weight is 389 g/mol. The Kier molecular flexibility index (Phi) is 6.42. The molecule has 4 nitrogen and oxygen atoms in total. The molecule has 0 saturated carbocycles. The van der Waals surface area contributed by atoms with E-state index >= 15 is 0 Å². The standard InChI is InChI=1S/C25H27NO3/c1-5-16(3)18-11-13-19(14-12-18)23(27)15-29-25(28)24-17(4)20-9-7-8-10-22(20)26-21(24)6-2/h7-14,16H,5-6,15H2,1-4H3/t16-/m1/s1. The molecule has 1 atom stereocenters. The van der Waals surface area contributed by atoms with Crippen molar-refractivity contribution in [2.45, 2.75) is 46.5 Å². The van der Waals surface area contributed by atoms with Crippen molar-refractivity contribution in [3.8, 4) is 0 Å². The van der Waals surface area contributed by atoms with Crippen molar-refractivity contribution in [3.05, 3.63) is 76.5 Å². The van der Waals surface area contributed by atoms with Crippen LogP contribution in [0.2, 0.25) is 0 Å². The van der Waals surface area contributed by atoms with Crippen molar-refractivity contribution < 1.29 is 14.3 Å². The Morgan fingerprint density at radius 3 is 2.38 bits per heavy atom. The number of nitrogens with zero attached hydrogens (tertiary/aromatic N) is 1. The number of para-hydroxylation sites is 1. The molecule has 1 heterocycles. The maximum atomic E-state index is 12.8. The summed E-state index contributed by atoms with van der Waals surface area (Å²) in [5.41, 5.74) is 4.60. The Bertz CT molecular complexity index is 1040. The van der Waals surface area contributed by atoms with E-state index in [-0.39, 0.29) is 12.4 Å². The van der Waals surface area contributed by atoms with Gasteiger partial charge in [0.15, 0.2) is 12.4 Å². The number of Topliss-reactive ketones (excluding diaryl/α,β-unsaturated/α-hetero) is 1. The van der Waals surface area contributed by atoms with Crippen LogP contribution in [0.1, 0.15) is 70.6 Å². The third-order valence-electron chi connectivity index (χ3n) is 5.51. The van der Waals surface area contributed by atoms with E-state index in [1.807, 2.05) is 50.2 Å². The van der Waals surface area contributed by atoms with Crippen LogP contribution in [0.5, 0.6) is 0 Å². The molecule has 0 aliphatic rings. The number of carbonyl (C=O) groups is 2. The summed E-state index contributed by atoms with van der Waals surface area (Å²) in [5.74, 6) is -0.256. The van der Waals surface area contributed by atoms with Gasteiger partial charge in [0.1, 0.15) is 0 Å². The molecule has 3 aromatic rings. The van der Waals surface area contributed by atoms with Gasteiger partial charge in [0.2, 0.25) is 0 Å². The number of pyridine rings is 1. The zero-order valence-electron chi connectivity index (χ0n) is 17.5. The Labute approximate surface area is 171 Å². The summed E-state index contributed by atoms with van der Waals surface area (Å²) in [5, 5.41) is 0.920. The zero-order chi connectivity index (χ0) is 21.0. The van der Waals surface area contributed by atoms with Crippen molar-refractivity contribution in [3.63, 3.8) is 0 Å². The van der Waals surface area contributed by atoms with E-state index in [2.05, 4.69) is 18.8 Å². The molecule has 0 aliphatic heterocycles. The Morgan fingerprint density at radius 1 is 1.03 bits per heavy atom. The second-order valence-electron chi connectivity index (χ2n) is 7.36. The highest BCUT2D eigenvalue weighted by atomic mass is 16.5. The molecule has 0 spiro atoms. The molecule has 2 aromatic carbocycles. The van der Waals surface area contributed by atoms with E-state index < -0.39 is 5.97 Å². The summed E-state index contributed by atoms with van der Waals surface area (Å²) in [7, 11) is 0. The van der Waals surface area contributed by atoms with Crippen LogP contribution in [-0.4, -0.2) is 23.3 Å². The fraction of sp³-hybridized carbons (Fsp3) is 0.320. The number of ether oxygens (including phenoxy) is 1. The summed E-state index contributed by atoms with van der Waals surface area (Å²) in [4.78, 5) is 29.9. The van der Waals surface area contributed by atoms with E-state index in [9.17, 15) is 9.59 Å². The molecule has 0 N–H and O–H groups in total. The van der Waals surface area contributed by atoms with Gasteiger partial charge in [-0.2, -0.15) is 0 Å². The monoisotopic (exact) mass is 389 g/mol. The van der Waals surface area contributed by atoms with E-state index in [0.29, 0.717) is 29.2 Å². The van der Waals surface area contributed by atoms with Gasteiger partial charge in [-0.1, -0.05) is 63.2 Å². The molecule has 1 aromatic heterocycles. The summed E-state index contributed by atoms with van der Waals surface area (Å²) in [6, 6.07) is 15.3. The van der Waals surface area contributed by atoms with Crippen LogP contribution >= 0.6 is 0 Å². The van der Waals surface area contributed by atoms with Crippen LogP contribution in [-0.2, 0) is 11.2 Å². The van der Waals surface area contributed by atoms with Gasteiger partial charge < -0.3 is 4.74 Å². The quantitative estimate of drug-likeness (QED) is 0.386. The highest BCUT2D eigenvalue weighted by Gasteiger charge is 2.20. The Morgan fingerprint density at radius 2 is 1.72 bits per heavy atom. The minimum atomic E-state index is -0.498. The lowest BCUT2D eigenvalue weighted by molar-refractivity contribution is 0.0472. The van der Waals surface area contributed by atoms with E-state index in [1.165, 1.54) is 5.56 Å². The highest BCUT2D eigenvalue weighted by Crippen LogP contribution is 2.24. The van der Waals surface area contributed by atoms with Crippen molar-refractivity contribution in [1.82, 2.24) is 4.98 Å². The van der Waals surface area contributed by atoms with Crippen molar-refractivity contribution in [2.75, 3.05) is 6.61 Å². The molecular weight excluding hydrogens is 362 g/mol. The first-order valence-electron chi connectivity index (χ1n) is 10.1. The molecule has 150 valence electrons. The molecule has 0 amide bonds. The van der Waals surface area contributed by atoms with E-state index in [1.54, 1.807) is 12.1 Å². The maximum absolute atomic E-state index is 12.8. The minimum Gasteiger partial charge on any atom is -0.454 e. The lowest BCUT2D eigenvalue weighted by Gasteiger charge is -2.13. The summed E-state index contributed by atoms with van der Waals surface area (Å²) in [6.07, 6.45) is 1.66. The SMILES string of the molecule is CCc1nc2ccccc2c(C)c1C(=O)OCC(=O)c1ccc([C@H](C)CC)cc1. The minimum absolute atomic E-state index is 0.210. The average Bonchev–Trinajstić information content (AvgIpc) is 2.76. The van der Waals surface area contributed by atoms with Gasteiger partial charge in [-0.05, 0) is 42.9 Å². The summed E-state index contributed by atoms with van der Waals surface area (Å²) < 4.78 is 5.39. The Balaban J connectivity index is 1.77. The molecule has 0 fully saturated rings. The van der Waals surface area contributed by atoms with Crippen molar-refractivity contribution in [2.24, 2.45) is 0 Å². The topological polar surface area (TPSA) is 56.3 Å². The number of carbonyl (C=O) groups excluding carboxylic acids is 2. The van der Waals surface area contributed by atoms with E-state index in [4.69, 9.17) is 4.74 Å². The number of rotatable bonds is 7. The van der Waals surface area contributed by atoms with Gasteiger partial charge in [0, 0.05) is 10.9 Å². The van der Waals surface area contributed by atoms with Gasteiger partial charge in [-0.3, -0.25) is 9.78 Å². The lowest BCUT2D eigenvalue weighted by Crippen LogP contribution is -2.17. The predicted octanol–water partition coefficient (Wildman–Crippen LogP) is 5.66. The molecule has 0 radical (unpaired) electrons. The van der Waals surface area contributed by atoms with Crippen LogP contribution in [0.4, 0.5) is 0 Å². The fourth-order valence-electron chi connectivity index (χ4n) is 3.49. The first-order chi connectivity index (χ1) is 14.0. The van der Waals surface area contributed by atoms with Crippen LogP contribution in [0.15, 0.2) is 48.5 Å². The first kappa shape index (κ1) is 20.7. The van der Waals surface area contributed by atoms with Crippen LogP contribution < -0.4 is 0 Å². The van der Waals surface area contributed by atoms with Crippen LogP contribution in [0.25, 0.3) is 10.9 Å². The number of fused-ring (bicyclic) bond motifs is 1. The summed E-state index contributed by atoms with van der Waals surface area (Å²) in [6.45, 7) is 7.87. The van der Waals surface area contributed by atoms with Crippen LogP contribution in [0, 0.1) is 6.92 Å². The normalized spacial score (nSPS) is 12.0. The largest absolute Gasteiger partial charge is 0.454 e. The van der Waals surface area contributed by atoms with Crippen LogP contribution in [0.3, 0.4) is 0 Å². The predicted molar refractivity (Wildman–Crippen MR) is 116 cm³/mol. The molecule has 29 heavy (non-hydrogen) atoms. The zero-order valence-corrected chi connectivity index (χ0v) is 17.5. The molecule has 0 bridgehead atoms. The van der Waals surface area contributed by atoms with Gasteiger partial charge in [0.05, 0.1) is 16.8 Å². The highest BCUT2D eigenvalue weighted by molar-refractivity contribution is 6.01. The molecule has 0 aliphatic carbocycles. The number of aryl methyl sites for hydroxylation is 2. The number of esters is 1. The number of aromatic nitrogens is 1. The molecule has 4 heteroatoms. The molecule has 0 saturated heterocycles. The number of ketones is 1. The van der Waals surface area contributed by atoms with Gasteiger partial charge in [0.25, 0.3) is 0 Å². The van der Waals surface area contributed by atoms with Crippen molar-refractivity contribution in [1.29, 1.82) is 0 Å². The van der Waals surface area contributed by atoms with E-state index in [0.717, 1.165) is 22.9 Å². The van der Waals surface area contributed by atoms with Crippen molar-refractivity contribution >= 4 is 22.7 Å². The first-order valence-corrected chi connectivity index (χ1v) is 10.1. The molecular formula is C25H27NO3. The summed E-state index contributed by atoms with van der Waals surface area (Å²) >= 11 is 0. The number of benzene rings is 2. The second-order valence-corrected chi connectivity index (χ2v) is 7.36. The van der Waals surface area contributed by atoms with Gasteiger partial charge >= 0.3 is 5.97 Å². The fourth-order valence-corrected chi connectivity index (χ4v) is 3.49. The number of hydrogen-bond donors (Lipinski definition) is 0. The molecule has 3 rings (SSSR count). The van der Waals surface area contributed by atoms with Gasteiger partial charge in [-0.25, -0.2) is 4.79 Å². The molecule has 0 unspecified atom stereocenters. The third-order valence-corrected chi connectivity index (χ3v) is 5.51.